The van der Waals surface area contributed by atoms with E-state index in [4.69, 9.17) is 4.74 Å². The third kappa shape index (κ3) is 4.01. The van der Waals surface area contributed by atoms with Crippen LogP contribution in [-0.4, -0.2) is 45.5 Å². The maximum atomic E-state index is 12.9. The van der Waals surface area contributed by atoms with Gasteiger partial charge in [-0.2, -0.15) is 0 Å². The Balaban J connectivity index is 1.43. The Morgan fingerprint density at radius 2 is 2.07 bits per heavy atom. The molecule has 2 aromatic carbocycles. The van der Waals surface area contributed by atoms with Crippen LogP contribution in [-0.2, 0) is 17.8 Å². The van der Waals surface area contributed by atoms with E-state index < -0.39 is 0 Å². The van der Waals surface area contributed by atoms with Gasteiger partial charge in [-0.15, -0.1) is 5.10 Å². The number of hydrogen-bond acceptors (Lipinski definition) is 6. The Kier molecular flexibility index (Phi) is 5.57. The van der Waals surface area contributed by atoms with Crippen LogP contribution in [0.5, 0.6) is 5.75 Å². The number of methoxy groups -OCH3 is 1. The highest BCUT2D eigenvalue weighted by Gasteiger charge is 2.23. The average Bonchev–Trinajstić information content (AvgIpc) is 3.18. The number of aromatic nitrogens is 4. The van der Waals surface area contributed by atoms with Crippen molar-refractivity contribution < 1.29 is 9.53 Å². The number of rotatable bonds is 6. The molecule has 2 heterocycles. The summed E-state index contributed by atoms with van der Waals surface area (Å²) < 4.78 is 7.03. The minimum atomic E-state index is 0.0605. The molecule has 0 spiro atoms. The summed E-state index contributed by atoms with van der Waals surface area (Å²) in [5.74, 6) is 1.17. The Hall–Kier alpha value is -2.87. The number of aryl methyl sites for hydroxylation is 1. The van der Waals surface area contributed by atoms with Crippen molar-refractivity contribution in [3.63, 3.8) is 0 Å². The summed E-state index contributed by atoms with van der Waals surface area (Å²) in [6.07, 6.45) is 1.90. The molecule has 0 saturated carbocycles. The van der Waals surface area contributed by atoms with Crippen LogP contribution in [0.15, 0.2) is 53.7 Å². The molecule has 1 aliphatic rings. The summed E-state index contributed by atoms with van der Waals surface area (Å²) in [6, 6.07) is 15.9. The molecule has 28 heavy (non-hydrogen) atoms. The van der Waals surface area contributed by atoms with Crippen LogP contribution in [0.1, 0.15) is 17.5 Å². The van der Waals surface area contributed by atoms with Gasteiger partial charge in [-0.3, -0.25) is 4.79 Å². The third-order valence-corrected chi connectivity index (χ3v) is 5.65. The molecule has 8 heteroatoms. The predicted octanol–water partition coefficient (Wildman–Crippen LogP) is 2.80. The lowest BCUT2D eigenvalue weighted by molar-refractivity contribution is -0.116. The SMILES string of the molecule is COc1ccc2c(c1)CCCN2C(=O)CSc1nnnn1Cc1ccccc1. The minimum Gasteiger partial charge on any atom is -0.497 e. The molecule has 144 valence electrons. The summed E-state index contributed by atoms with van der Waals surface area (Å²) >= 11 is 1.37. The highest BCUT2D eigenvalue weighted by atomic mass is 32.2. The smallest absolute Gasteiger partial charge is 0.237 e. The van der Waals surface area contributed by atoms with Crippen LogP contribution >= 0.6 is 11.8 Å². The Labute approximate surface area is 167 Å². The lowest BCUT2D eigenvalue weighted by atomic mass is 10.0. The molecule has 0 atom stereocenters. The van der Waals surface area contributed by atoms with Crippen molar-refractivity contribution in [2.24, 2.45) is 0 Å². The summed E-state index contributed by atoms with van der Waals surface area (Å²) in [7, 11) is 1.66. The third-order valence-electron chi connectivity index (χ3n) is 4.71. The zero-order valence-electron chi connectivity index (χ0n) is 15.6. The molecule has 0 saturated heterocycles. The summed E-state index contributed by atoms with van der Waals surface area (Å²) in [6.45, 7) is 1.31. The van der Waals surface area contributed by atoms with Crippen molar-refractivity contribution in [3.05, 3.63) is 59.7 Å². The maximum Gasteiger partial charge on any atom is 0.237 e. The van der Waals surface area contributed by atoms with Crippen LogP contribution in [0.25, 0.3) is 0 Å². The van der Waals surface area contributed by atoms with Gasteiger partial charge in [-0.25, -0.2) is 4.68 Å². The van der Waals surface area contributed by atoms with Crippen LogP contribution < -0.4 is 9.64 Å². The van der Waals surface area contributed by atoms with E-state index in [2.05, 4.69) is 15.5 Å². The number of carbonyl (C=O) groups is 1. The number of ether oxygens (including phenoxy) is 1. The van der Waals surface area contributed by atoms with E-state index in [9.17, 15) is 4.79 Å². The van der Waals surface area contributed by atoms with Crippen molar-refractivity contribution in [2.45, 2.75) is 24.5 Å². The summed E-state index contributed by atoms with van der Waals surface area (Å²) in [5.41, 5.74) is 3.24. The molecule has 0 bridgehead atoms. The molecular weight excluding hydrogens is 374 g/mol. The van der Waals surface area contributed by atoms with Gasteiger partial charge in [0.05, 0.1) is 19.4 Å². The first kappa shape index (κ1) is 18.5. The number of amides is 1. The Morgan fingerprint density at radius 1 is 1.21 bits per heavy atom. The number of fused-ring (bicyclic) bond motifs is 1. The molecule has 1 aromatic heterocycles. The molecular formula is C20H21N5O2S. The molecule has 0 N–H and O–H groups in total. The second-order valence-electron chi connectivity index (χ2n) is 6.54. The fraction of sp³-hybridized carbons (Fsp3) is 0.300. The van der Waals surface area contributed by atoms with Gasteiger partial charge in [-0.05, 0) is 52.6 Å². The number of hydrogen-bond donors (Lipinski definition) is 0. The molecule has 7 nitrogen and oxygen atoms in total. The second kappa shape index (κ2) is 8.43. The lowest BCUT2D eigenvalue weighted by Crippen LogP contribution is -2.36. The van der Waals surface area contributed by atoms with Crippen LogP contribution in [0.4, 0.5) is 5.69 Å². The van der Waals surface area contributed by atoms with Crippen molar-refractivity contribution in [1.82, 2.24) is 20.2 Å². The first-order valence-corrected chi connectivity index (χ1v) is 10.1. The van der Waals surface area contributed by atoms with Gasteiger partial charge in [0.2, 0.25) is 11.1 Å². The molecule has 0 aliphatic carbocycles. The van der Waals surface area contributed by atoms with E-state index in [1.165, 1.54) is 11.8 Å². The van der Waals surface area contributed by atoms with Crippen molar-refractivity contribution in [2.75, 3.05) is 24.3 Å². The average molecular weight is 395 g/mol. The van der Waals surface area contributed by atoms with Gasteiger partial charge in [0, 0.05) is 12.2 Å². The maximum absolute atomic E-state index is 12.9. The van der Waals surface area contributed by atoms with Crippen LogP contribution in [0, 0.1) is 0 Å². The quantitative estimate of drug-likeness (QED) is 0.598. The van der Waals surface area contributed by atoms with Gasteiger partial charge in [0.15, 0.2) is 0 Å². The molecule has 0 unspecified atom stereocenters. The van der Waals surface area contributed by atoms with Crippen molar-refractivity contribution >= 4 is 23.4 Å². The monoisotopic (exact) mass is 395 g/mol. The zero-order valence-corrected chi connectivity index (χ0v) is 16.4. The predicted molar refractivity (Wildman–Crippen MR) is 108 cm³/mol. The van der Waals surface area contributed by atoms with E-state index in [0.717, 1.165) is 42.0 Å². The number of anilines is 1. The van der Waals surface area contributed by atoms with Crippen molar-refractivity contribution in [3.8, 4) is 5.75 Å². The lowest BCUT2D eigenvalue weighted by Gasteiger charge is -2.29. The number of tetrazole rings is 1. The molecule has 1 amide bonds. The first-order valence-electron chi connectivity index (χ1n) is 9.15. The van der Waals surface area contributed by atoms with E-state index in [1.807, 2.05) is 53.4 Å². The fourth-order valence-corrected chi connectivity index (χ4v) is 4.07. The highest BCUT2D eigenvalue weighted by molar-refractivity contribution is 7.99. The normalized spacial score (nSPS) is 13.2. The number of carbonyl (C=O) groups excluding carboxylic acids is 1. The summed E-state index contributed by atoms with van der Waals surface area (Å²) in [4.78, 5) is 14.7. The molecule has 0 fully saturated rings. The summed E-state index contributed by atoms with van der Waals surface area (Å²) in [5, 5.41) is 12.5. The van der Waals surface area contributed by atoms with E-state index in [1.54, 1.807) is 11.8 Å². The zero-order chi connectivity index (χ0) is 19.3. The first-order chi connectivity index (χ1) is 13.7. The number of benzene rings is 2. The molecule has 4 rings (SSSR count). The van der Waals surface area contributed by atoms with Gasteiger partial charge in [-0.1, -0.05) is 42.1 Å². The van der Waals surface area contributed by atoms with Crippen LogP contribution in [0.2, 0.25) is 0 Å². The van der Waals surface area contributed by atoms with E-state index in [0.29, 0.717) is 17.5 Å². The Bertz CT molecular complexity index is 960. The Morgan fingerprint density at radius 3 is 2.89 bits per heavy atom. The number of thioether (sulfide) groups is 1. The molecule has 3 aromatic rings. The topological polar surface area (TPSA) is 73.1 Å². The largest absolute Gasteiger partial charge is 0.497 e. The standard InChI is InChI=1S/C20H21N5O2S/c1-27-17-9-10-18-16(12-17)8-5-11-24(18)19(26)14-28-20-21-22-23-25(20)13-15-6-3-2-4-7-15/h2-4,6-7,9-10,12H,5,8,11,13-14H2,1H3. The van der Waals surface area contributed by atoms with Crippen LogP contribution in [0.3, 0.4) is 0 Å². The van der Waals surface area contributed by atoms with Gasteiger partial charge < -0.3 is 9.64 Å². The second-order valence-corrected chi connectivity index (χ2v) is 7.48. The highest BCUT2D eigenvalue weighted by Crippen LogP contribution is 2.31. The van der Waals surface area contributed by atoms with Gasteiger partial charge in [0.25, 0.3) is 0 Å². The van der Waals surface area contributed by atoms with Gasteiger partial charge in [0.1, 0.15) is 5.75 Å². The van der Waals surface area contributed by atoms with E-state index >= 15 is 0 Å². The van der Waals surface area contributed by atoms with E-state index in [-0.39, 0.29) is 5.91 Å². The number of nitrogens with zero attached hydrogens (tertiary/aromatic N) is 5. The minimum absolute atomic E-state index is 0.0605. The fourth-order valence-electron chi connectivity index (χ4n) is 3.32. The molecule has 0 radical (unpaired) electrons. The van der Waals surface area contributed by atoms with Gasteiger partial charge >= 0.3 is 0 Å². The van der Waals surface area contributed by atoms with Crippen molar-refractivity contribution in [1.29, 1.82) is 0 Å². The molecule has 1 aliphatic heterocycles.